The second-order valence-corrected chi connectivity index (χ2v) is 5.91. The molecule has 0 unspecified atom stereocenters. The van der Waals surface area contributed by atoms with Crippen LogP contribution in [0.15, 0.2) is 24.3 Å². The first kappa shape index (κ1) is 15.9. The van der Waals surface area contributed by atoms with Crippen molar-refractivity contribution in [3.63, 3.8) is 0 Å². The van der Waals surface area contributed by atoms with Crippen LogP contribution in [0.1, 0.15) is 44.6 Å². The molecule has 0 radical (unpaired) electrons. The summed E-state index contributed by atoms with van der Waals surface area (Å²) in [6, 6.07) is 5.38. The third-order valence-electron chi connectivity index (χ3n) is 4.06. The maximum atomic E-state index is 10.7. The first-order valence-electron chi connectivity index (χ1n) is 7.46. The highest BCUT2D eigenvalue weighted by molar-refractivity contribution is 6.32. The normalized spacial score (nSPS) is 22.4. The molecule has 1 aromatic rings. The number of benzene rings is 1. The minimum Gasteiger partial charge on any atom is -0.488 e. The molecule has 0 spiro atoms. The van der Waals surface area contributed by atoms with Crippen molar-refractivity contribution in [1.29, 1.82) is 0 Å². The lowest BCUT2D eigenvalue weighted by Crippen LogP contribution is -2.24. The zero-order chi connectivity index (χ0) is 15.2. The molecule has 21 heavy (non-hydrogen) atoms. The zero-order valence-corrected chi connectivity index (χ0v) is 13.0. The number of carboxylic acids is 1. The van der Waals surface area contributed by atoms with Crippen LogP contribution >= 0.6 is 11.6 Å². The maximum absolute atomic E-state index is 10.7. The second kappa shape index (κ2) is 7.51. The van der Waals surface area contributed by atoms with Crippen LogP contribution in [-0.4, -0.2) is 17.2 Å². The van der Waals surface area contributed by atoms with Gasteiger partial charge in [0.25, 0.3) is 0 Å². The van der Waals surface area contributed by atoms with Crippen molar-refractivity contribution < 1.29 is 14.6 Å². The van der Waals surface area contributed by atoms with Crippen molar-refractivity contribution in [2.75, 3.05) is 0 Å². The van der Waals surface area contributed by atoms with E-state index in [1.54, 1.807) is 12.1 Å². The first-order chi connectivity index (χ1) is 10.1. The van der Waals surface area contributed by atoms with E-state index < -0.39 is 5.97 Å². The topological polar surface area (TPSA) is 46.5 Å². The lowest BCUT2D eigenvalue weighted by atomic mass is 9.86. The molecule has 0 amide bonds. The number of ether oxygens (including phenoxy) is 1. The first-order valence-corrected chi connectivity index (χ1v) is 7.84. The number of aliphatic carboxylic acids is 1. The Hall–Kier alpha value is -1.48. The molecule has 1 aromatic carbocycles. The standard InChI is InChI=1S/C17H21ClO3/c1-2-12-6-9-14(10-7-12)21-17-13(8-11-16(19)20)4-3-5-15(17)18/h3-5,8,11-12,14H,2,6-7,9-10H2,1H3,(H,19,20)/b11-8+. The number of halogens is 1. The average Bonchev–Trinajstić information content (AvgIpc) is 2.48. The summed E-state index contributed by atoms with van der Waals surface area (Å²) in [6.07, 6.45) is 8.47. The summed E-state index contributed by atoms with van der Waals surface area (Å²) in [5.41, 5.74) is 0.711. The number of carbonyl (C=O) groups is 1. The van der Waals surface area contributed by atoms with Crippen LogP contribution in [0.2, 0.25) is 5.02 Å². The van der Waals surface area contributed by atoms with Gasteiger partial charge in [0.15, 0.2) is 0 Å². The number of para-hydroxylation sites is 1. The number of hydrogen-bond acceptors (Lipinski definition) is 2. The van der Waals surface area contributed by atoms with E-state index in [1.807, 2.05) is 6.07 Å². The quantitative estimate of drug-likeness (QED) is 0.796. The molecular formula is C17H21ClO3. The fraction of sp³-hybridized carbons (Fsp3) is 0.471. The van der Waals surface area contributed by atoms with E-state index in [9.17, 15) is 4.79 Å². The second-order valence-electron chi connectivity index (χ2n) is 5.50. The van der Waals surface area contributed by atoms with Gasteiger partial charge in [-0.2, -0.15) is 0 Å². The Labute approximate surface area is 130 Å². The number of carboxylic acid groups (broad SMARTS) is 1. The summed E-state index contributed by atoms with van der Waals surface area (Å²) in [4.78, 5) is 10.7. The molecule has 4 heteroatoms. The van der Waals surface area contributed by atoms with Crippen LogP contribution in [0.4, 0.5) is 0 Å². The molecule has 2 rings (SSSR count). The van der Waals surface area contributed by atoms with Crippen molar-refractivity contribution in [3.05, 3.63) is 34.9 Å². The van der Waals surface area contributed by atoms with Gasteiger partial charge in [0.2, 0.25) is 0 Å². The van der Waals surface area contributed by atoms with Gasteiger partial charge in [-0.05, 0) is 43.7 Å². The Morgan fingerprint density at radius 1 is 1.38 bits per heavy atom. The molecule has 0 heterocycles. The molecule has 0 atom stereocenters. The Morgan fingerprint density at radius 3 is 2.71 bits per heavy atom. The molecule has 0 aromatic heterocycles. The Morgan fingerprint density at radius 2 is 2.10 bits per heavy atom. The van der Waals surface area contributed by atoms with Gasteiger partial charge in [0, 0.05) is 11.6 Å². The lowest BCUT2D eigenvalue weighted by Gasteiger charge is -2.29. The lowest BCUT2D eigenvalue weighted by molar-refractivity contribution is -0.131. The molecule has 0 bridgehead atoms. The van der Waals surface area contributed by atoms with E-state index in [-0.39, 0.29) is 6.10 Å². The highest BCUT2D eigenvalue weighted by atomic mass is 35.5. The highest BCUT2D eigenvalue weighted by Crippen LogP contribution is 2.34. The van der Waals surface area contributed by atoms with Crippen molar-refractivity contribution in [3.8, 4) is 5.75 Å². The number of rotatable bonds is 5. The fourth-order valence-electron chi connectivity index (χ4n) is 2.77. The predicted octanol–water partition coefficient (Wildman–Crippen LogP) is 4.79. The summed E-state index contributed by atoms with van der Waals surface area (Å²) >= 11 is 6.21. The van der Waals surface area contributed by atoms with Crippen molar-refractivity contribution in [2.45, 2.75) is 45.1 Å². The molecule has 114 valence electrons. The molecule has 1 N–H and O–H groups in total. The third-order valence-corrected chi connectivity index (χ3v) is 4.36. The van der Waals surface area contributed by atoms with E-state index in [1.165, 1.54) is 25.3 Å². The monoisotopic (exact) mass is 308 g/mol. The van der Waals surface area contributed by atoms with Gasteiger partial charge in [-0.1, -0.05) is 37.1 Å². The van der Waals surface area contributed by atoms with Crippen LogP contribution < -0.4 is 4.74 Å². The molecule has 1 fully saturated rings. The van der Waals surface area contributed by atoms with Crippen molar-refractivity contribution in [1.82, 2.24) is 0 Å². The average molecular weight is 309 g/mol. The molecule has 3 nitrogen and oxygen atoms in total. The summed E-state index contributed by atoms with van der Waals surface area (Å²) in [6.45, 7) is 2.23. The van der Waals surface area contributed by atoms with Crippen molar-refractivity contribution in [2.24, 2.45) is 5.92 Å². The molecule has 1 aliphatic carbocycles. The Balaban J connectivity index is 2.10. The van der Waals surface area contributed by atoms with E-state index in [0.29, 0.717) is 16.3 Å². The molecule has 1 aliphatic rings. The van der Waals surface area contributed by atoms with Gasteiger partial charge in [-0.25, -0.2) is 4.79 Å². The summed E-state index contributed by atoms with van der Waals surface area (Å²) in [5, 5.41) is 9.28. The van der Waals surface area contributed by atoms with Gasteiger partial charge in [0.05, 0.1) is 11.1 Å². The van der Waals surface area contributed by atoms with E-state index in [4.69, 9.17) is 21.4 Å². The largest absolute Gasteiger partial charge is 0.488 e. The van der Waals surface area contributed by atoms with E-state index in [2.05, 4.69) is 6.92 Å². The van der Waals surface area contributed by atoms with Crippen LogP contribution in [0.25, 0.3) is 6.08 Å². The van der Waals surface area contributed by atoms with Gasteiger partial charge >= 0.3 is 5.97 Å². The number of hydrogen-bond donors (Lipinski definition) is 1. The minimum absolute atomic E-state index is 0.171. The van der Waals surface area contributed by atoms with Gasteiger partial charge in [-0.15, -0.1) is 0 Å². The van der Waals surface area contributed by atoms with E-state index >= 15 is 0 Å². The Bertz CT molecular complexity index is 517. The molecule has 0 aliphatic heterocycles. The van der Waals surface area contributed by atoms with Crippen molar-refractivity contribution >= 4 is 23.6 Å². The molecular weight excluding hydrogens is 288 g/mol. The van der Waals surface area contributed by atoms with Crippen LogP contribution in [-0.2, 0) is 4.79 Å². The van der Waals surface area contributed by atoms with Crippen LogP contribution in [0, 0.1) is 5.92 Å². The van der Waals surface area contributed by atoms with Crippen LogP contribution in [0.3, 0.4) is 0 Å². The van der Waals surface area contributed by atoms with Gasteiger partial charge in [-0.3, -0.25) is 0 Å². The van der Waals surface area contributed by atoms with E-state index in [0.717, 1.165) is 24.8 Å². The summed E-state index contributed by atoms with van der Waals surface area (Å²) < 4.78 is 6.07. The van der Waals surface area contributed by atoms with Gasteiger partial charge < -0.3 is 9.84 Å². The smallest absolute Gasteiger partial charge is 0.328 e. The molecule has 1 saturated carbocycles. The van der Waals surface area contributed by atoms with Gasteiger partial charge in [0.1, 0.15) is 5.75 Å². The highest BCUT2D eigenvalue weighted by Gasteiger charge is 2.22. The predicted molar refractivity (Wildman–Crippen MR) is 84.8 cm³/mol. The maximum Gasteiger partial charge on any atom is 0.328 e. The molecule has 0 saturated heterocycles. The minimum atomic E-state index is -0.982. The van der Waals surface area contributed by atoms with Crippen LogP contribution in [0.5, 0.6) is 5.75 Å². The fourth-order valence-corrected chi connectivity index (χ4v) is 2.99. The zero-order valence-electron chi connectivity index (χ0n) is 12.2. The summed E-state index contributed by atoms with van der Waals surface area (Å²) in [5.74, 6) is 0.420. The summed E-state index contributed by atoms with van der Waals surface area (Å²) in [7, 11) is 0. The Kier molecular flexibility index (Phi) is 5.68. The SMILES string of the molecule is CCC1CCC(Oc2c(Cl)cccc2/C=C/C(=O)O)CC1. The third kappa shape index (κ3) is 4.50.